The number of aliphatic hydroxyl groups is 1. The molecule has 100 heavy (non-hydrogen) atoms. The van der Waals surface area contributed by atoms with Gasteiger partial charge < -0.3 is 105 Å². The van der Waals surface area contributed by atoms with E-state index >= 15 is 0 Å². The van der Waals surface area contributed by atoms with Gasteiger partial charge in [0, 0.05) is 99.5 Å². The first-order valence-electron chi connectivity index (χ1n) is 33.0. The molecule has 4 aliphatic heterocycles. The molecule has 11 N–H and O–H groups in total. The number of nitrogens with one attached hydrogen (secondary N) is 6. The summed E-state index contributed by atoms with van der Waals surface area (Å²) in [6, 6.07) is 7.36. The third-order valence-corrected chi connectivity index (χ3v) is 17.7. The second kappa shape index (κ2) is 35.0. The van der Waals surface area contributed by atoms with Crippen molar-refractivity contribution in [2.45, 2.75) is 127 Å². The van der Waals surface area contributed by atoms with Gasteiger partial charge in [0.05, 0.1) is 102 Å². The minimum atomic E-state index is -2.39. The van der Waals surface area contributed by atoms with E-state index in [1.807, 2.05) is 0 Å². The number of phenols is 2. The maximum Gasteiger partial charge on any atom is 0.407 e. The van der Waals surface area contributed by atoms with Gasteiger partial charge in [-0.15, -0.1) is 0 Å². The lowest BCUT2D eigenvalue weighted by molar-refractivity contribution is -0.256. The van der Waals surface area contributed by atoms with Gasteiger partial charge in [0.1, 0.15) is 47.6 Å². The number of urea groups is 1. The molecule has 33 nitrogen and oxygen atoms in total. The zero-order valence-electron chi connectivity index (χ0n) is 56.2. The molecule has 33 heteroatoms. The van der Waals surface area contributed by atoms with Crippen LogP contribution in [0.3, 0.4) is 0 Å². The molecule has 0 radical (unpaired) electrons. The van der Waals surface area contributed by atoms with Crippen LogP contribution in [0.2, 0.25) is 0 Å². The van der Waals surface area contributed by atoms with E-state index in [1.54, 1.807) is 32.9 Å². The quantitative estimate of drug-likeness (QED) is 0.0171. The summed E-state index contributed by atoms with van der Waals surface area (Å²) in [6.45, 7) is 7.42. The van der Waals surface area contributed by atoms with Crippen molar-refractivity contribution in [3.8, 4) is 17.2 Å². The maximum absolute atomic E-state index is 14.3. The average Bonchev–Trinajstić information content (AvgIpc) is 0.871. The molecule has 0 unspecified atom stereocenters. The largest absolute Gasteiger partial charge is 0.507 e. The summed E-state index contributed by atoms with van der Waals surface area (Å²) in [7, 11) is 2.83. The average molecular weight is 1400 g/mol. The van der Waals surface area contributed by atoms with Gasteiger partial charge in [-0.05, 0) is 49.4 Å². The Morgan fingerprint density at radius 3 is 2.11 bits per heavy atom. The molecular weight excluding hydrogens is 1310 g/mol. The number of benzene rings is 3. The van der Waals surface area contributed by atoms with Crippen LogP contribution in [0.4, 0.5) is 15.3 Å². The van der Waals surface area contributed by atoms with Crippen molar-refractivity contribution in [2.75, 3.05) is 112 Å². The standard InChI is InChI=1S/C67H87N9O24/c1-36(2)54(74-46(77)17-23-92-26-28-94-30-31-95-29-27-93-24-21-76-47(78)15-16-48(76)79)61(85)73-42(9-7-18-70-65(68)87)60(84)72-39-13-11-38(12-14-39)35-97-66(88)71-20-19-69-64(86)67(89)33-41-51(58(83)53-52(56(41)81)55(80)40-8-6-10-44(90-4)50(40)57(53)82)45(34-67)99-49-32-43-59(37(3)98-49)100-62-63(91-5)96-25-22-75(43)62/h6,8,10-16,36-37,42-43,45,49,54,59,62-63,81,83,89H,7,9,17-35H2,1-5H3,(H,69,86)(H,71,88)(H,72,84)(H,73,85)(H,74,77)(H3,68,70,87)/t37-,42-,43-,45-,49-,54-,59+,62+,63-,67-/m0/s1. The van der Waals surface area contributed by atoms with E-state index in [0.717, 1.165) is 4.90 Å². The fraction of sp³-hybridized carbons (Fsp3) is 0.552. The van der Waals surface area contributed by atoms with Crippen molar-refractivity contribution in [1.82, 2.24) is 36.4 Å². The van der Waals surface area contributed by atoms with Crippen molar-refractivity contribution < 1.29 is 115 Å². The number of hydrogen-bond acceptors (Lipinski definition) is 25. The van der Waals surface area contributed by atoms with E-state index < -0.39 is 144 Å². The zero-order chi connectivity index (χ0) is 71.8. The molecule has 544 valence electrons. The highest BCUT2D eigenvalue weighted by Gasteiger charge is 2.55. The van der Waals surface area contributed by atoms with Crippen molar-refractivity contribution in [3.05, 3.63) is 93.6 Å². The lowest BCUT2D eigenvalue weighted by Gasteiger charge is -2.43. The van der Waals surface area contributed by atoms with Crippen LogP contribution in [0.5, 0.6) is 17.2 Å². The van der Waals surface area contributed by atoms with Crippen LogP contribution in [-0.2, 0) is 89.2 Å². The van der Waals surface area contributed by atoms with E-state index in [0.29, 0.717) is 24.4 Å². The molecule has 3 aromatic rings. The number of rotatable bonds is 35. The van der Waals surface area contributed by atoms with E-state index in [2.05, 4.69) is 36.8 Å². The highest BCUT2D eigenvalue weighted by atomic mass is 16.7. The van der Waals surface area contributed by atoms with E-state index in [9.17, 15) is 63.3 Å². The van der Waals surface area contributed by atoms with Crippen LogP contribution in [0, 0.1) is 5.92 Å². The molecule has 0 spiro atoms. The van der Waals surface area contributed by atoms with Crippen LogP contribution in [0.1, 0.15) is 108 Å². The number of aromatic hydroxyl groups is 2. The Kier molecular flexibility index (Phi) is 26.4. The van der Waals surface area contributed by atoms with Gasteiger partial charge >= 0.3 is 12.1 Å². The molecule has 9 amide bonds. The zero-order valence-corrected chi connectivity index (χ0v) is 56.2. The highest BCUT2D eigenvalue weighted by molar-refractivity contribution is 6.31. The van der Waals surface area contributed by atoms with Crippen molar-refractivity contribution in [1.29, 1.82) is 0 Å². The van der Waals surface area contributed by atoms with E-state index in [-0.39, 0.29) is 157 Å². The van der Waals surface area contributed by atoms with Crippen molar-refractivity contribution >= 4 is 64.8 Å². The Morgan fingerprint density at radius 2 is 1.44 bits per heavy atom. The number of hydrogen-bond donors (Lipinski definition) is 10. The number of primary amides is 1. The maximum atomic E-state index is 14.3. The summed E-state index contributed by atoms with van der Waals surface area (Å²) in [5.41, 5.74) is 2.05. The van der Waals surface area contributed by atoms with Crippen molar-refractivity contribution in [3.63, 3.8) is 0 Å². The fourth-order valence-corrected chi connectivity index (χ4v) is 12.7. The summed E-state index contributed by atoms with van der Waals surface area (Å²) < 4.78 is 63.3. The Balaban J connectivity index is 0.730. The number of ether oxygens (including phenoxy) is 11. The van der Waals surface area contributed by atoms with Crippen LogP contribution in [-0.4, -0.2) is 245 Å². The topological polar surface area (TPSA) is 438 Å². The van der Waals surface area contributed by atoms with Crippen LogP contribution in [0.15, 0.2) is 54.6 Å². The summed E-state index contributed by atoms with van der Waals surface area (Å²) >= 11 is 0. The van der Waals surface area contributed by atoms with E-state index in [1.165, 1.54) is 56.7 Å². The lowest BCUT2D eigenvalue weighted by atomic mass is 9.72. The number of imide groups is 1. The molecule has 9 rings (SSSR count). The molecule has 2 aliphatic carbocycles. The van der Waals surface area contributed by atoms with Gasteiger partial charge in [-0.1, -0.05) is 38.1 Å². The molecule has 4 heterocycles. The predicted molar refractivity (Wildman–Crippen MR) is 347 cm³/mol. The van der Waals surface area contributed by atoms with Crippen LogP contribution >= 0.6 is 0 Å². The second-order valence-electron chi connectivity index (χ2n) is 24.8. The Hall–Kier alpha value is -8.74. The van der Waals surface area contributed by atoms with Gasteiger partial charge in [-0.25, -0.2) is 9.59 Å². The SMILES string of the molecule is COc1cccc2c1C(=O)c1c(O)c3c(c(O)c1C2=O)C[C@@](O)(C(=O)NCCNC(=O)OCc1ccc(NC(=O)[C@H](CCCNC(N)=O)NC(=O)[C@@H](NC(=O)CCOCCOCCOCCOCCN2C(=O)C=CC2=O)C(C)C)cc1)C[C@@H]3O[C@H]1C[C@H]2[C@H](O[C@@H]3[C@@H](OC)OCCN32)[C@H](C)O1. The number of anilines is 1. The predicted octanol–water partition coefficient (Wildman–Crippen LogP) is 0.587. The third kappa shape index (κ3) is 18.4. The summed E-state index contributed by atoms with van der Waals surface area (Å²) in [4.78, 5) is 134. The van der Waals surface area contributed by atoms with Gasteiger partial charge in [-0.3, -0.25) is 48.2 Å². The molecule has 3 aromatic carbocycles. The summed E-state index contributed by atoms with van der Waals surface area (Å²) in [6.07, 6.45) is -3.93. The number of amides is 9. The molecule has 0 bridgehead atoms. The molecule has 3 fully saturated rings. The first-order chi connectivity index (χ1) is 48.0. The monoisotopic (exact) mass is 1400 g/mol. The third-order valence-electron chi connectivity index (χ3n) is 17.7. The van der Waals surface area contributed by atoms with Crippen LogP contribution in [0.25, 0.3) is 0 Å². The number of nitrogens with zero attached hydrogens (tertiary/aromatic N) is 2. The number of morpholine rings is 1. The van der Waals surface area contributed by atoms with Gasteiger partial charge in [0.2, 0.25) is 23.5 Å². The molecule has 10 atom stereocenters. The fourth-order valence-electron chi connectivity index (χ4n) is 12.7. The molecule has 0 aromatic heterocycles. The van der Waals surface area contributed by atoms with Gasteiger partial charge in [0.15, 0.2) is 24.6 Å². The number of fused-ring (bicyclic) bond motifs is 6. The minimum Gasteiger partial charge on any atom is -0.507 e. The highest BCUT2D eigenvalue weighted by Crippen LogP contribution is 2.53. The number of phenolic OH excluding ortho intramolecular Hbond substituents is 2. The van der Waals surface area contributed by atoms with E-state index in [4.69, 9.17) is 57.8 Å². The molecule has 6 aliphatic rings. The molecule has 0 saturated carbocycles. The summed E-state index contributed by atoms with van der Waals surface area (Å²) in [5.74, 6) is -6.83. The van der Waals surface area contributed by atoms with Crippen molar-refractivity contribution in [2.24, 2.45) is 11.7 Å². The van der Waals surface area contributed by atoms with Gasteiger partial charge in [0.25, 0.3) is 17.7 Å². The number of nitrogens with two attached hydrogens (primary N) is 1. The van der Waals surface area contributed by atoms with Gasteiger partial charge in [-0.2, -0.15) is 0 Å². The Labute approximate surface area is 575 Å². The number of alkyl carbamates (subject to hydrolysis) is 1. The summed E-state index contributed by atoms with van der Waals surface area (Å²) in [5, 5.41) is 52.4. The number of methoxy groups -OCH3 is 2. The first-order valence-corrected chi connectivity index (χ1v) is 33.0. The smallest absolute Gasteiger partial charge is 0.407 e. The number of ketones is 2. The number of carbonyl (C=O) groups is 10. The molecular formula is C67H87N9O24. The second-order valence-corrected chi connectivity index (χ2v) is 24.8. The first kappa shape index (κ1) is 75.5. The molecule has 3 saturated heterocycles. The lowest BCUT2D eigenvalue weighted by Crippen LogP contribution is -2.55. The normalized spacial score (nSPS) is 22.8. The van der Waals surface area contributed by atoms with Crippen LogP contribution < -0.4 is 42.4 Å². The Bertz CT molecular complexity index is 3500. The minimum absolute atomic E-state index is 0.0307. The Morgan fingerprint density at radius 1 is 0.770 bits per heavy atom. The number of carbonyl (C=O) groups excluding carboxylic acids is 10.